The van der Waals surface area contributed by atoms with E-state index in [-0.39, 0.29) is 18.0 Å². The number of hydrogen-bond acceptors (Lipinski definition) is 3. The molecule has 1 N–H and O–H groups in total. The minimum absolute atomic E-state index is 0.0698. The van der Waals surface area contributed by atoms with E-state index in [1.807, 2.05) is 31.2 Å². The minimum atomic E-state index is -0.282. The third-order valence-electron chi connectivity index (χ3n) is 2.59. The normalized spacial score (nSPS) is 10.2. The zero-order valence-electron chi connectivity index (χ0n) is 10.3. The summed E-state index contributed by atoms with van der Waals surface area (Å²) in [5, 5.41) is 2.76. The molecule has 5 nitrogen and oxygen atoms in total. The fourth-order valence-corrected chi connectivity index (χ4v) is 1.94. The molecule has 0 saturated heterocycles. The molecular formula is C13H12BrN3O2. The molecule has 1 heterocycles. The molecule has 2 aromatic rings. The van der Waals surface area contributed by atoms with Crippen LogP contribution in [0.4, 0.5) is 5.69 Å². The number of nitrogens with one attached hydrogen (secondary N) is 1. The third-order valence-corrected chi connectivity index (χ3v) is 3.14. The van der Waals surface area contributed by atoms with E-state index in [4.69, 9.17) is 0 Å². The van der Waals surface area contributed by atoms with E-state index in [2.05, 4.69) is 26.2 Å². The van der Waals surface area contributed by atoms with E-state index < -0.39 is 0 Å². The molecule has 1 aromatic heterocycles. The van der Waals surface area contributed by atoms with Crippen LogP contribution in [-0.4, -0.2) is 15.5 Å². The Labute approximate surface area is 118 Å². The van der Waals surface area contributed by atoms with Crippen LogP contribution in [0.5, 0.6) is 0 Å². The van der Waals surface area contributed by atoms with E-state index in [1.165, 1.54) is 17.1 Å². The number of carbonyl (C=O) groups excluding carboxylic acids is 1. The molecule has 0 saturated carbocycles. The first-order valence-electron chi connectivity index (χ1n) is 5.63. The molecule has 0 bridgehead atoms. The average molecular weight is 322 g/mol. The number of anilines is 1. The van der Waals surface area contributed by atoms with Crippen molar-refractivity contribution in [3.05, 3.63) is 57.2 Å². The van der Waals surface area contributed by atoms with Crippen LogP contribution in [0.1, 0.15) is 5.56 Å². The summed E-state index contributed by atoms with van der Waals surface area (Å²) in [6.07, 6.45) is 2.74. The first-order valence-corrected chi connectivity index (χ1v) is 6.42. The molecule has 1 aromatic carbocycles. The second kappa shape index (κ2) is 5.79. The van der Waals surface area contributed by atoms with E-state index >= 15 is 0 Å². The van der Waals surface area contributed by atoms with Crippen molar-refractivity contribution in [1.29, 1.82) is 0 Å². The molecule has 0 spiro atoms. The predicted octanol–water partition coefficient (Wildman–Crippen LogP) is 1.95. The third kappa shape index (κ3) is 3.29. The molecule has 0 aliphatic rings. The fraction of sp³-hybridized carbons (Fsp3) is 0.154. The molecule has 0 aliphatic carbocycles. The van der Waals surface area contributed by atoms with Crippen LogP contribution >= 0.6 is 15.9 Å². The highest BCUT2D eigenvalue weighted by molar-refractivity contribution is 9.10. The summed E-state index contributed by atoms with van der Waals surface area (Å²) >= 11 is 3.09. The van der Waals surface area contributed by atoms with Crippen LogP contribution in [0.15, 0.2) is 46.1 Å². The van der Waals surface area contributed by atoms with Gasteiger partial charge in [0.2, 0.25) is 5.91 Å². The van der Waals surface area contributed by atoms with Crippen LogP contribution in [0.25, 0.3) is 0 Å². The standard InChI is InChI=1S/C13H12BrN3O2/c1-9-4-2-3-5-11(9)16-12(18)7-17-8-15-6-10(14)13(17)19/h2-6,8H,7H2,1H3,(H,16,18). The van der Waals surface area contributed by atoms with Crippen molar-refractivity contribution in [3.8, 4) is 0 Å². The number of nitrogens with zero attached hydrogens (tertiary/aromatic N) is 2. The van der Waals surface area contributed by atoms with E-state index in [1.54, 1.807) is 0 Å². The van der Waals surface area contributed by atoms with Gasteiger partial charge in [0.1, 0.15) is 11.0 Å². The molecule has 0 fully saturated rings. The van der Waals surface area contributed by atoms with Crippen LogP contribution in [0.3, 0.4) is 0 Å². The van der Waals surface area contributed by atoms with Crippen molar-refractivity contribution < 1.29 is 4.79 Å². The largest absolute Gasteiger partial charge is 0.324 e. The molecule has 0 unspecified atom stereocenters. The Kier molecular flexibility index (Phi) is 4.11. The molecule has 98 valence electrons. The molecule has 0 atom stereocenters. The van der Waals surface area contributed by atoms with Crippen molar-refractivity contribution >= 4 is 27.5 Å². The Balaban J connectivity index is 2.12. The van der Waals surface area contributed by atoms with Gasteiger partial charge in [0, 0.05) is 11.9 Å². The maximum absolute atomic E-state index is 11.9. The van der Waals surface area contributed by atoms with Crippen molar-refractivity contribution in [2.24, 2.45) is 0 Å². The first kappa shape index (κ1) is 13.5. The number of aromatic nitrogens is 2. The highest BCUT2D eigenvalue weighted by Crippen LogP contribution is 2.12. The molecule has 2 rings (SSSR count). The molecular weight excluding hydrogens is 310 g/mol. The van der Waals surface area contributed by atoms with Crippen molar-refractivity contribution in [2.75, 3.05) is 5.32 Å². The Hall–Kier alpha value is -1.95. The summed E-state index contributed by atoms with van der Waals surface area (Å²) in [7, 11) is 0. The number of amides is 1. The summed E-state index contributed by atoms with van der Waals surface area (Å²) in [6.45, 7) is 1.84. The number of hydrogen-bond donors (Lipinski definition) is 1. The number of benzene rings is 1. The Morgan fingerprint density at radius 3 is 2.89 bits per heavy atom. The smallest absolute Gasteiger partial charge is 0.268 e. The van der Waals surface area contributed by atoms with Crippen molar-refractivity contribution in [2.45, 2.75) is 13.5 Å². The summed E-state index contributed by atoms with van der Waals surface area (Å²) in [5.41, 5.74) is 1.43. The minimum Gasteiger partial charge on any atom is -0.324 e. The van der Waals surface area contributed by atoms with E-state index in [0.717, 1.165) is 11.3 Å². The Bertz CT molecular complexity index is 667. The summed E-state index contributed by atoms with van der Waals surface area (Å²) in [4.78, 5) is 27.5. The number of halogens is 1. The van der Waals surface area contributed by atoms with E-state index in [0.29, 0.717) is 4.47 Å². The maximum Gasteiger partial charge on any atom is 0.268 e. The van der Waals surface area contributed by atoms with Crippen molar-refractivity contribution in [3.63, 3.8) is 0 Å². The summed E-state index contributed by atoms with van der Waals surface area (Å²) < 4.78 is 1.58. The topological polar surface area (TPSA) is 64.0 Å². The summed E-state index contributed by atoms with van der Waals surface area (Å²) in [6, 6.07) is 7.46. The fourth-order valence-electron chi connectivity index (χ4n) is 1.59. The highest BCUT2D eigenvalue weighted by atomic mass is 79.9. The van der Waals surface area contributed by atoms with Gasteiger partial charge in [-0.3, -0.25) is 14.2 Å². The number of rotatable bonds is 3. The average Bonchev–Trinajstić information content (AvgIpc) is 2.38. The second-order valence-electron chi connectivity index (χ2n) is 4.04. The van der Waals surface area contributed by atoms with Gasteiger partial charge in [0.25, 0.3) is 5.56 Å². The van der Waals surface area contributed by atoms with Gasteiger partial charge in [-0.15, -0.1) is 0 Å². The lowest BCUT2D eigenvalue weighted by Gasteiger charge is -2.09. The van der Waals surface area contributed by atoms with Crippen LogP contribution in [-0.2, 0) is 11.3 Å². The van der Waals surface area contributed by atoms with Gasteiger partial charge < -0.3 is 5.32 Å². The van der Waals surface area contributed by atoms with Gasteiger partial charge in [0.15, 0.2) is 0 Å². The Morgan fingerprint density at radius 1 is 1.42 bits per heavy atom. The monoisotopic (exact) mass is 321 g/mol. The highest BCUT2D eigenvalue weighted by Gasteiger charge is 2.08. The zero-order chi connectivity index (χ0) is 13.8. The Morgan fingerprint density at radius 2 is 2.16 bits per heavy atom. The maximum atomic E-state index is 11.9. The van der Waals surface area contributed by atoms with Crippen molar-refractivity contribution in [1.82, 2.24) is 9.55 Å². The lowest BCUT2D eigenvalue weighted by atomic mass is 10.2. The van der Waals surface area contributed by atoms with Gasteiger partial charge >= 0.3 is 0 Å². The van der Waals surface area contributed by atoms with Gasteiger partial charge in [-0.2, -0.15) is 0 Å². The number of carbonyl (C=O) groups is 1. The molecule has 1 amide bonds. The molecule has 6 heteroatoms. The quantitative estimate of drug-likeness (QED) is 0.939. The van der Waals surface area contributed by atoms with Crippen LogP contribution in [0, 0.1) is 6.92 Å². The molecule has 19 heavy (non-hydrogen) atoms. The van der Waals surface area contributed by atoms with Gasteiger partial charge in [-0.1, -0.05) is 18.2 Å². The van der Waals surface area contributed by atoms with Crippen LogP contribution < -0.4 is 10.9 Å². The van der Waals surface area contributed by atoms with E-state index in [9.17, 15) is 9.59 Å². The molecule has 0 aliphatic heterocycles. The number of para-hydroxylation sites is 1. The van der Waals surface area contributed by atoms with Gasteiger partial charge in [-0.05, 0) is 34.5 Å². The molecule has 0 radical (unpaired) electrons. The lowest BCUT2D eigenvalue weighted by Crippen LogP contribution is -2.28. The SMILES string of the molecule is Cc1ccccc1NC(=O)Cn1cncc(Br)c1=O. The zero-order valence-corrected chi connectivity index (χ0v) is 11.8. The second-order valence-corrected chi connectivity index (χ2v) is 4.89. The van der Waals surface area contributed by atoms with Gasteiger partial charge in [-0.25, -0.2) is 4.98 Å². The number of aryl methyl sites for hydroxylation is 1. The lowest BCUT2D eigenvalue weighted by molar-refractivity contribution is -0.116. The first-order chi connectivity index (χ1) is 9.08. The van der Waals surface area contributed by atoms with Gasteiger partial charge in [0.05, 0.1) is 6.33 Å². The van der Waals surface area contributed by atoms with Crippen LogP contribution in [0.2, 0.25) is 0 Å². The predicted molar refractivity (Wildman–Crippen MR) is 76.0 cm³/mol. The summed E-state index contributed by atoms with van der Waals surface area (Å²) in [5.74, 6) is -0.267.